The predicted octanol–water partition coefficient (Wildman–Crippen LogP) is 1.42. The fourth-order valence-corrected chi connectivity index (χ4v) is 3.91. The molecule has 0 radical (unpaired) electrons. The fraction of sp³-hybridized carbons (Fsp3) is 0.579. The van der Waals surface area contributed by atoms with E-state index >= 15 is 0 Å². The van der Waals surface area contributed by atoms with E-state index in [0.29, 0.717) is 38.5 Å². The average Bonchev–Trinajstić information content (AvgIpc) is 3.02. The Labute approximate surface area is 143 Å². The van der Waals surface area contributed by atoms with Gasteiger partial charge in [0.15, 0.2) is 0 Å². The molecule has 5 heteroatoms. The van der Waals surface area contributed by atoms with E-state index in [2.05, 4.69) is 29.2 Å². The summed E-state index contributed by atoms with van der Waals surface area (Å²) in [4.78, 5) is 28.1. The van der Waals surface area contributed by atoms with Gasteiger partial charge in [-0.05, 0) is 44.2 Å². The van der Waals surface area contributed by atoms with Crippen LogP contribution in [0.25, 0.3) is 0 Å². The number of carbonyl (C=O) groups excluding carboxylic acids is 2. The molecule has 2 aliphatic rings. The Morgan fingerprint density at radius 3 is 2.42 bits per heavy atom. The van der Waals surface area contributed by atoms with Crippen molar-refractivity contribution >= 4 is 11.8 Å². The molecule has 1 atom stereocenters. The van der Waals surface area contributed by atoms with Gasteiger partial charge in [0.25, 0.3) is 0 Å². The lowest BCUT2D eigenvalue weighted by atomic mass is 9.96. The van der Waals surface area contributed by atoms with Gasteiger partial charge >= 0.3 is 0 Å². The monoisotopic (exact) mass is 329 g/mol. The standard InChI is InChI=1S/C19H27N3O2/c20-19(24)16-8-11-21(12-9-16)18(23)14-22-10-4-7-17(22)13-15-5-2-1-3-6-15/h1-3,5-6,16-17H,4,7-14H2,(H2,20,24)/t17-/m0/s1. The SMILES string of the molecule is NC(=O)C1CCN(C(=O)CN2CCC[C@H]2Cc2ccccc2)CC1. The van der Waals surface area contributed by atoms with Crippen molar-refractivity contribution < 1.29 is 9.59 Å². The van der Waals surface area contributed by atoms with E-state index in [1.807, 2.05) is 11.0 Å². The Kier molecular flexibility index (Phi) is 5.51. The Balaban J connectivity index is 1.51. The summed E-state index contributed by atoms with van der Waals surface area (Å²) in [7, 11) is 0. The van der Waals surface area contributed by atoms with Crippen molar-refractivity contribution in [2.24, 2.45) is 11.7 Å². The second kappa shape index (κ2) is 7.79. The van der Waals surface area contributed by atoms with Gasteiger partial charge in [0, 0.05) is 25.0 Å². The summed E-state index contributed by atoms with van der Waals surface area (Å²) >= 11 is 0. The van der Waals surface area contributed by atoms with Gasteiger partial charge in [0.2, 0.25) is 11.8 Å². The molecule has 0 spiro atoms. The lowest BCUT2D eigenvalue weighted by Crippen LogP contribution is -2.47. The number of hydrogen-bond acceptors (Lipinski definition) is 3. The van der Waals surface area contributed by atoms with E-state index in [0.717, 1.165) is 25.8 Å². The lowest BCUT2D eigenvalue weighted by Gasteiger charge is -2.33. The summed E-state index contributed by atoms with van der Waals surface area (Å²) in [6, 6.07) is 11.0. The summed E-state index contributed by atoms with van der Waals surface area (Å²) < 4.78 is 0. The van der Waals surface area contributed by atoms with Gasteiger partial charge in [-0.15, -0.1) is 0 Å². The molecule has 0 aromatic heterocycles. The van der Waals surface area contributed by atoms with Gasteiger partial charge in [0.05, 0.1) is 6.54 Å². The van der Waals surface area contributed by atoms with E-state index in [-0.39, 0.29) is 17.7 Å². The number of nitrogens with zero attached hydrogens (tertiary/aromatic N) is 2. The molecular formula is C19H27N3O2. The average molecular weight is 329 g/mol. The van der Waals surface area contributed by atoms with Crippen molar-refractivity contribution in [1.29, 1.82) is 0 Å². The highest BCUT2D eigenvalue weighted by atomic mass is 16.2. The predicted molar refractivity (Wildman–Crippen MR) is 93.2 cm³/mol. The van der Waals surface area contributed by atoms with Crippen molar-refractivity contribution in [2.45, 2.75) is 38.1 Å². The molecule has 2 saturated heterocycles. The van der Waals surface area contributed by atoms with Crippen LogP contribution in [0.4, 0.5) is 0 Å². The maximum Gasteiger partial charge on any atom is 0.236 e. The van der Waals surface area contributed by atoms with Crippen LogP contribution in [0.2, 0.25) is 0 Å². The van der Waals surface area contributed by atoms with Crippen LogP contribution in [-0.2, 0) is 16.0 Å². The number of amides is 2. The van der Waals surface area contributed by atoms with E-state index in [1.165, 1.54) is 5.56 Å². The minimum atomic E-state index is -0.232. The highest BCUT2D eigenvalue weighted by Crippen LogP contribution is 2.22. The summed E-state index contributed by atoms with van der Waals surface area (Å²) in [6.07, 6.45) is 4.74. The number of hydrogen-bond donors (Lipinski definition) is 1. The largest absolute Gasteiger partial charge is 0.369 e. The first-order valence-electron chi connectivity index (χ1n) is 8.98. The number of nitrogens with two attached hydrogens (primary N) is 1. The number of carbonyl (C=O) groups is 2. The van der Waals surface area contributed by atoms with Gasteiger partial charge in [-0.1, -0.05) is 30.3 Å². The van der Waals surface area contributed by atoms with Crippen molar-refractivity contribution in [1.82, 2.24) is 9.80 Å². The maximum absolute atomic E-state index is 12.6. The lowest BCUT2D eigenvalue weighted by molar-refractivity contribution is -0.136. The maximum atomic E-state index is 12.6. The number of piperidine rings is 1. The third kappa shape index (κ3) is 4.15. The van der Waals surface area contributed by atoms with E-state index in [9.17, 15) is 9.59 Å². The Hall–Kier alpha value is -1.88. The van der Waals surface area contributed by atoms with Crippen LogP contribution >= 0.6 is 0 Å². The number of likely N-dealkylation sites (tertiary alicyclic amines) is 2. The minimum absolute atomic E-state index is 0.0633. The molecular weight excluding hydrogens is 302 g/mol. The van der Waals surface area contributed by atoms with Crippen LogP contribution < -0.4 is 5.73 Å². The van der Waals surface area contributed by atoms with E-state index in [4.69, 9.17) is 5.73 Å². The molecule has 2 heterocycles. The topological polar surface area (TPSA) is 66.6 Å². The van der Waals surface area contributed by atoms with E-state index in [1.54, 1.807) is 0 Å². The van der Waals surface area contributed by atoms with Gasteiger partial charge in [-0.2, -0.15) is 0 Å². The minimum Gasteiger partial charge on any atom is -0.369 e. The first-order valence-corrected chi connectivity index (χ1v) is 8.98. The second-order valence-electron chi connectivity index (χ2n) is 7.01. The molecule has 130 valence electrons. The molecule has 2 amide bonds. The van der Waals surface area contributed by atoms with Crippen molar-refractivity contribution in [3.05, 3.63) is 35.9 Å². The number of primary amides is 1. The number of rotatable bonds is 5. The summed E-state index contributed by atoms with van der Waals surface area (Å²) in [5.41, 5.74) is 6.70. The Morgan fingerprint density at radius 1 is 1.04 bits per heavy atom. The number of benzene rings is 1. The molecule has 5 nitrogen and oxygen atoms in total. The molecule has 0 unspecified atom stereocenters. The second-order valence-corrected chi connectivity index (χ2v) is 7.01. The molecule has 0 bridgehead atoms. The molecule has 24 heavy (non-hydrogen) atoms. The molecule has 2 fully saturated rings. The molecule has 0 aliphatic carbocycles. The van der Waals surface area contributed by atoms with Crippen molar-refractivity contribution in [3.8, 4) is 0 Å². The van der Waals surface area contributed by atoms with Gasteiger partial charge in [-0.3, -0.25) is 14.5 Å². The first-order chi connectivity index (χ1) is 11.6. The highest BCUT2D eigenvalue weighted by molar-refractivity contribution is 5.80. The summed E-state index contributed by atoms with van der Waals surface area (Å²) in [6.45, 7) is 2.81. The fourth-order valence-electron chi connectivity index (χ4n) is 3.91. The molecule has 1 aromatic rings. The van der Waals surface area contributed by atoms with Crippen LogP contribution in [0, 0.1) is 5.92 Å². The van der Waals surface area contributed by atoms with Crippen LogP contribution in [-0.4, -0.2) is 53.8 Å². The normalized spacial score (nSPS) is 22.7. The van der Waals surface area contributed by atoms with Crippen LogP contribution in [0.5, 0.6) is 0 Å². The quantitative estimate of drug-likeness (QED) is 0.888. The summed E-state index contributed by atoms with van der Waals surface area (Å²) in [5, 5.41) is 0. The van der Waals surface area contributed by atoms with Gasteiger partial charge in [-0.25, -0.2) is 0 Å². The van der Waals surface area contributed by atoms with Crippen LogP contribution in [0.1, 0.15) is 31.2 Å². The van der Waals surface area contributed by atoms with Gasteiger partial charge < -0.3 is 10.6 Å². The zero-order chi connectivity index (χ0) is 16.9. The van der Waals surface area contributed by atoms with Gasteiger partial charge in [0.1, 0.15) is 0 Å². The molecule has 0 saturated carbocycles. The molecule has 1 aromatic carbocycles. The third-order valence-electron chi connectivity index (χ3n) is 5.40. The smallest absolute Gasteiger partial charge is 0.236 e. The first kappa shape index (κ1) is 17.0. The van der Waals surface area contributed by atoms with Crippen molar-refractivity contribution in [2.75, 3.05) is 26.2 Å². The molecule has 2 N–H and O–H groups in total. The molecule has 3 rings (SSSR count). The Morgan fingerprint density at radius 2 is 1.75 bits per heavy atom. The van der Waals surface area contributed by atoms with Crippen molar-refractivity contribution in [3.63, 3.8) is 0 Å². The zero-order valence-corrected chi connectivity index (χ0v) is 14.2. The zero-order valence-electron chi connectivity index (χ0n) is 14.2. The van der Waals surface area contributed by atoms with E-state index < -0.39 is 0 Å². The summed E-state index contributed by atoms with van der Waals surface area (Å²) in [5.74, 6) is -0.103. The van der Waals surface area contributed by atoms with Crippen LogP contribution in [0.3, 0.4) is 0 Å². The highest BCUT2D eigenvalue weighted by Gasteiger charge is 2.30. The Bertz CT molecular complexity index is 567. The molecule has 2 aliphatic heterocycles. The third-order valence-corrected chi connectivity index (χ3v) is 5.40. The van der Waals surface area contributed by atoms with Crippen LogP contribution in [0.15, 0.2) is 30.3 Å².